The number of thioether (sulfide) groups is 1. The van der Waals surface area contributed by atoms with Crippen LogP contribution in [-0.4, -0.2) is 29.0 Å². The summed E-state index contributed by atoms with van der Waals surface area (Å²) in [5.41, 5.74) is 2.13. The van der Waals surface area contributed by atoms with Crippen molar-refractivity contribution in [3.05, 3.63) is 58.6 Å². The van der Waals surface area contributed by atoms with Gasteiger partial charge in [0.05, 0.1) is 10.9 Å². The highest BCUT2D eigenvalue weighted by atomic mass is 35.5. The number of benzene rings is 2. The molecular formula is C18H17ClN2O2S. The van der Waals surface area contributed by atoms with Crippen LogP contribution >= 0.6 is 23.4 Å². The zero-order chi connectivity index (χ0) is 17.3. The van der Waals surface area contributed by atoms with Gasteiger partial charge in [0.1, 0.15) is 0 Å². The van der Waals surface area contributed by atoms with Crippen molar-refractivity contribution in [2.45, 2.75) is 23.6 Å². The van der Waals surface area contributed by atoms with Crippen LogP contribution in [0.3, 0.4) is 0 Å². The molecule has 0 aromatic heterocycles. The minimum Gasteiger partial charge on any atom is -0.337 e. The molecule has 0 bridgehead atoms. The third-order valence-electron chi connectivity index (χ3n) is 3.87. The van der Waals surface area contributed by atoms with Crippen LogP contribution in [0.1, 0.15) is 22.8 Å². The number of hydrogen-bond acceptors (Lipinski definition) is 3. The van der Waals surface area contributed by atoms with Crippen molar-refractivity contribution in [3.63, 3.8) is 0 Å². The zero-order valence-corrected chi connectivity index (χ0v) is 14.9. The third-order valence-corrected chi connectivity index (χ3v) is 5.42. The number of rotatable bonds is 3. The number of carbonyl (C=O) groups is 2. The third kappa shape index (κ3) is 3.42. The molecule has 6 heteroatoms. The summed E-state index contributed by atoms with van der Waals surface area (Å²) in [7, 11) is 1.74. The summed E-state index contributed by atoms with van der Waals surface area (Å²) in [5, 5.41) is 3.37. The molecule has 1 heterocycles. The Bertz CT molecular complexity index is 809. The maximum absolute atomic E-state index is 12.7. The molecule has 24 heavy (non-hydrogen) atoms. The highest BCUT2D eigenvalue weighted by Gasteiger charge is 2.24. The van der Waals surface area contributed by atoms with E-state index < -0.39 is 0 Å². The quantitative estimate of drug-likeness (QED) is 0.898. The minimum absolute atomic E-state index is 0.0403. The lowest BCUT2D eigenvalue weighted by atomic mass is 10.1. The van der Waals surface area contributed by atoms with Crippen molar-refractivity contribution >= 4 is 40.9 Å². The second kappa shape index (κ2) is 6.87. The fourth-order valence-electron chi connectivity index (χ4n) is 2.52. The fraction of sp³-hybridized carbons (Fsp3) is 0.222. The van der Waals surface area contributed by atoms with Crippen molar-refractivity contribution in [1.82, 2.24) is 4.90 Å². The standard InChI is InChI=1S/C18H17ClN2O2S/c1-11-17(22)20-15-9-12(7-8-16(15)24-11)18(23)21(2)10-13-5-3-4-6-14(13)19/h3-9,11H,10H2,1-2H3,(H,20,22)/t11-/m0/s1. The van der Waals surface area contributed by atoms with Crippen molar-refractivity contribution in [2.24, 2.45) is 0 Å². The van der Waals surface area contributed by atoms with Crippen LogP contribution < -0.4 is 5.32 Å². The van der Waals surface area contributed by atoms with Gasteiger partial charge in [-0.05, 0) is 36.8 Å². The first-order valence-corrected chi connectivity index (χ1v) is 8.82. The summed E-state index contributed by atoms with van der Waals surface area (Å²) in [6, 6.07) is 12.9. The van der Waals surface area contributed by atoms with E-state index in [2.05, 4.69) is 5.32 Å². The molecule has 0 saturated heterocycles. The van der Waals surface area contributed by atoms with Gasteiger partial charge in [-0.3, -0.25) is 9.59 Å². The maximum Gasteiger partial charge on any atom is 0.253 e. The first-order chi connectivity index (χ1) is 11.5. The van der Waals surface area contributed by atoms with Gasteiger partial charge in [0.25, 0.3) is 5.91 Å². The number of amides is 2. The van der Waals surface area contributed by atoms with Gasteiger partial charge in [-0.15, -0.1) is 11.8 Å². The van der Waals surface area contributed by atoms with E-state index >= 15 is 0 Å². The van der Waals surface area contributed by atoms with E-state index in [0.717, 1.165) is 10.5 Å². The SMILES string of the molecule is C[C@@H]1Sc2ccc(C(=O)N(C)Cc3ccccc3Cl)cc2NC1=O. The number of halogens is 1. The van der Waals surface area contributed by atoms with Crippen LogP contribution in [0.2, 0.25) is 5.02 Å². The van der Waals surface area contributed by atoms with E-state index in [9.17, 15) is 9.59 Å². The number of hydrogen-bond donors (Lipinski definition) is 1. The first kappa shape index (κ1) is 16.9. The van der Waals surface area contributed by atoms with E-state index in [1.807, 2.05) is 37.3 Å². The molecule has 1 atom stereocenters. The Kier molecular flexibility index (Phi) is 4.83. The molecule has 1 aliphatic rings. The fourth-order valence-corrected chi connectivity index (χ4v) is 3.64. The average Bonchev–Trinajstić information content (AvgIpc) is 2.57. The Morgan fingerprint density at radius 2 is 2.04 bits per heavy atom. The lowest BCUT2D eigenvalue weighted by molar-refractivity contribution is -0.115. The van der Waals surface area contributed by atoms with Gasteiger partial charge in [0, 0.05) is 29.1 Å². The predicted octanol–water partition coefficient (Wildman–Crippen LogP) is 4.04. The molecule has 0 spiro atoms. The van der Waals surface area contributed by atoms with Gasteiger partial charge in [-0.2, -0.15) is 0 Å². The maximum atomic E-state index is 12.7. The van der Waals surface area contributed by atoms with Crippen molar-refractivity contribution < 1.29 is 9.59 Å². The summed E-state index contributed by atoms with van der Waals surface area (Å²) >= 11 is 7.65. The second-order valence-corrected chi connectivity index (χ2v) is 7.50. The van der Waals surface area contributed by atoms with E-state index in [1.165, 1.54) is 11.8 Å². The Morgan fingerprint density at radius 1 is 1.29 bits per heavy atom. The van der Waals surface area contributed by atoms with Crippen LogP contribution in [0.15, 0.2) is 47.4 Å². The summed E-state index contributed by atoms with van der Waals surface area (Å²) in [4.78, 5) is 27.1. The first-order valence-electron chi connectivity index (χ1n) is 7.56. The molecule has 4 nitrogen and oxygen atoms in total. The van der Waals surface area contributed by atoms with Gasteiger partial charge in [0.15, 0.2) is 0 Å². The van der Waals surface area contributed by atoms with E-state index in [0.29, 0.717) is 22.8 Å². The molecule has 0 fully saturated rings. The molecule has 3 rings (SSSR count). The molecule has 0 radical (unpaired) electrons. The van der Waals surface area contributed by atoms with Crippen molar-refractivity contribution in [1.29, 1.82) is 0 Å². The van der Waals surface area contributed by atoms with Crippen LogP contribution in [0.4, 0.5) is 5.69 Å². The largest absolute Gasteiger partial charge is 0.337 e. The molecule has 124 valence electrons. The number of carbonyl (C=O) groups excluding carboxylic acids is 2. The second-order valence-electron chi connectivity index (χ2n) is 5.71. The zero-order valence-electron chi connectivity index (χ0n) is 13.4. The number of anilines is 1. The Morgan fingerprint density at radius 3 is 2.79 bits per heavy atom. The summed E-state index contributed by atoms with van der Waals surface area (Å²) in [6.45, 7) is 2.28. The lowest BCUT2D eigenvalue weighted by Crippen LogP contribution is -2.28. The predicted molar refractivity (Wildman–Crippen MR) is 97.6 cm³/mol. The molecule has 2 aromatic carbocycles. The van der Waals surface area contributed by atoms with Crippen LogP contribution in [0.25, 0.3) is 0 Å². The van der Waals surface area contributed by atoms with Crippen LogP contribution in [0, 0.1) is 0 Å². The topological polar surface area (TPSA) is 49.4 Å². The van der Waals surface area contributed by atoms with Gasteiger partial charge >= 0.3 is 0 Å². The highest BCUT2D eigenvalue weighted by molar-refractivity contribution is 8.00. The Balaban J connectivity index is 1.79. The molecule has 1 aliphatic heterocycles. The van der Waals surface area contributed by atoms with Gasteiger partial charge in [-0.1, -0.05) is 29.8 Å². The Labute approximate surface area is 150 Å². The number of nitrogens with zero attached hydrogens (tertiary/aromatic N) is 1. The van der Waals surface area contributed by atoms with E-state index in [-0.39, 0.29) is 17.1 Å². The molecule has 2 aromatic rings. The van der Waals surface area contributed by atoms with Gasteiger partial charge in [-0.25, -0.2) is 0 Å². The Hall–Kier alpha value is -1.98. The van der Waals surface area contributed by atoms with Crippen molar-refractivity contribution in [3.8, 4) is 0 Å². The summed E-state index contributed by atoms with van der Waals surface area (Å²) < 4.78 is 0. The summed E-state index contributed by atoms with van der Waals surface area (Å²) in [6.07, 6.45) is 0. The van der Waals surface area contributed by atoms with Gasteiger partial charge < -0.3 is 10.2 Å². The van der Waals surface area contributed by atoms with Gasteiger partial charge in [0.2, 0.25) is 5.91 Å². The number of nitrogens with one attached hydrogen (secondary N) is 1. The van der Waals surface area contributed by atoms with E-state index in [1.54, 1.807) is 24.1 Å². The average molecular weight is 361 g/mol. The minimum atomic E-state index is -0.123. The molecular weight excluding hydrogens is 344 g/mol. The van der Waals surface area contributed by atoms with E-state index in [4.69, 9.17) is 11.6 Å². The lowest BCUT2D eigenvalue weighted by Gasteiger charge is -2.23. The van der Waals surface area contributed by atoms with Crippen LogP contribution in [0.5, 0.6) is 0 Å². The van der Waals surface area contributed by atoms with Crippen LogP contribution in [-0.2, 0) is 11.3 Å². The van der Waals surface area contributed by atoms with Crippen molar-refractivity contribution in [2.75, 3.05) is 12.4 Å². The number of fused-ring (bicyclic) bond motifs is 1. The molecule has 0 saturated carbocycles. The molecule has 0 unspecified atom stereocenters. The molecule has 2 amide bonds. The normalized spacial score (nSPS) is 16.3. The monoisotopic (exact) mass is 360 g/mol. The molecule has 1 N–H and O–H groups in total. The smallest absolute Gasteiger partial charge is 0.253 e. The summed E-state index contributed by atoms with van der Waals surface area (Å²) in [5.74, 6) is -0.155. The highest BCUT2D eigenvalue weighted by Crippen LogP contribution is 2.36. The molecule has 0 aliphatic carbocycles.